The molecular formula is C26H26ClN3. The van der Waals surface area contributed by atoms with Gasteiger partial charge in [-0.25, -0.2) is 9.67 Å². The maximum Gasteiger partial charge on any atom is 0.140 e. The van der Waals surface area contributed by atoms with E-state index in [0.717, 1.165) is 27.7 Å². The number of aromatic nitrogens is 3. The van der Waals surface area contributed by atoms with Crippen LogP contribution in [0, 0.1) is 6.92 Å². The molecule has 0 saturated carbocycles. The minimum Gasteiger partial charge on any atom is -0.249 e. The Hall–Kier alpha value is -3.17. The molecule has 0 N–H and O–H groups in total. The molecule has 2 aromatic heterocycles. The lowest BCUT2D eigenvalue weighted by Gasteiger charge is -2.35. The van der Waals surface area contributed by atoms with E-state index in [1.54, 1.807) is 12.3 Å². The van der Waals surface area contributed by atoms with Crippen molar-refractivity contribution in [3.05, 3.63) is 120 Å². The lowest BCUT2D eigenvalue weighted by Crippen LogP contribution is -2.37. The first-order chi connectivity index (χ1) is 14.6. The average molecular weight is 416 g/mol. The smallest absolute Gasteiger partial charge is 0.140 e. The zero-order valence-electron chi connectivity index (χ0n) is 17.4. The third-order valence-corrected chi connectivity index (χ3v) is 5.31. The van der Waals surface area contributed by atoms with Crippen molar-refractivity contribution in [2.45, 2.75) is 25.8 Å². The number of halogens is 1. The monoisotopic (exact) mass is 415 g/mol. The molecule has 3 nitrogen and oxygen atoms in total. The molecule has 2 heterocycles. The van der Waals surface area contributed by atoms with Crippen LogP contribution in [0.3, 0.4) is 0 Å². The largest absolute Gasteiger partial charge is 0.249 e. The minimum atomic E-state index is -0.526. The molecule has 0 unspecified atom stereocenters. The molecule has 0 aliphatic heterocycles. The van der Waals surface area contributed by atoms with Gasteiger partial charge in [-0.15, -0.1) is 13.2 Å². The van der Waals surface area contributed by atoms with Crippen LogP contribution in [0.25, 0.3) is 10.9 Å². The molecule has 152 valence electrons. The Morgan fingerprint density at radius 1 is 0.967 bits per heavy atom. The lowest BCUT2D eigenvalue weighted by atomic mass is 9.80. The zero-order chi connectivity index (χ0) is 21.6. The first-order valence-electron chi connectivity index (χ1n) is 9.89. The van der Waals surface area contributed by atoms with Crippen molar-refractivity contribution in [1.29, 1.82) is 0 Å². The molecule has 0 bridgehead atoms. The fourth-order valence-electron chi connectivity index (χ4n) is 3.85. The molecule has 0 radical (unpaired) electrons. The Morgan fingerprint density at radius 2 is 1.50 bits per heavy atom. The van der Waals surface area contributed by atoms with Gasteiger partial charge >= 0.3 is 0 Å². The summed E-state index contributed by atoms with van der Waals surface area (Å²) in [5.41, 5.74) is 3.59. The molecule has 4 heteroatoms. The van der Waals surface area contributed by atoms with E-state index >= 15 is 0 Å². The van der Waals surface area contributed by atoms with Crippen LogP contribution in [0.15, 0.2) is 98.2 Å². The van der Waals surface area contributed by atoms with E-state index in [0.29, 0.717) is 11.6 Å². The van der Waals surface area contributed by atoms with Gasteiger partial charge in [0.05, 0.1) is 16.6 Å². The molecule has 4 aromatic rings. The topological polar surface area (TPSA) is 30.7 Å². The summed E-state index contributed by atoms with van der Waals surface area (Å²) < 4.78 is 2.08. The molecule has 0 amide bonds. The van der Waals surface area contributed by atoms with Gasteiger partial charge in [-0.05, 0) is 37.5 Å². The summed E-state index contributed by atoms with van der Waals surface area (Å²) >= 11 is 6.41. The predicted octanol–water partition coefficient (Wildman–Crippen LogP) is 6.95. The molecule has 0 aliphatic rings. The van der Waals surface area contributed by atoms with Crippen LogP contribution in [0.2, 0.25) is 5.15 Å². The van der Waals surface area contributed by atoms with Crippen LogP contribution in [-0.4, -0.2) is 14.8 Å². The molecular weight excluding hydrogens is 390 g/mol. The number of pyridine rings is 1. The number of aryl methyl sites for hydroxylation is 1. The number of hydrogen-bond donors (Lipinski definition) is 0. The van der Waals surface area contributed by atoms with Crippen molar-refractivity contribution in [3.8, 4) is 0 Å². The van der Waals surface area contributed by atoms with Gasteiger partial charge in [0.2, 0.25) is 0 Å². The summed E-state index contributed by atoms with van der Waals surface area (Å²) in [5.74, 6) is 0. The number of benzene rings is 2. The normalized spacial score (nSPS) is 10.9. The van der Waals surface area contributed by atoms with E-state index < -0.39 is 5.54 Å². The molecule has 0 spiro atoms. The van der Waals surface area contributed by atoms with E-state index in [4.69, 9.17) is 16.7 Å². The fraction of sp³-hybridized carbons (Fsp3) is 0.154. The highest BCUT2D eigenvalue weighted by Crippen LogP contribution is 2.40. The van der Waals surface area contributed by atoms with Gasteiger partial charge in [-0.2, -0.15) is 5.10 Å². The molecule has 0 atom stereocenters. The van der Waals surface area contributed by atoms with E-state index in [9.17, 15) is 0 Å². The second kappa shape index (κ2) is 9.55. The van der Waals surface area contributed by atoms with Gasteiger partial charge in [0.1, 0.15) is 10.7 Å². The van der Waals surface area contributed by atoms with E-state index in [1.165, 1.54) is 0 Å². The van der Waals surface area contributed by atoms with Crippen LogP contribution in [0.4, 0.5) is 0 Å². The number of hydrogen-bond acceptors (Lipinski definition) is 2. The first-order valence-corrected chi connectivity index (χ1v) is 10.3. The Morgan fingerprint density at radius 3 is 2.00 bits per heavy atom. The summed E-state index contributed by atoms with van der Waals surface area (Å²) in [6, 6.07) is 22.8. The van der Waals surface area contributed by atoms with Gasteiger partial charge in [-0.1, -0.05) is 84.4 Å². The molecule has 0 saturated heterocycles. The quantitative estimate of drug-likeness (QED) is 0.260. The van der Waals surface area contributed by atoms with Gasteiger partial charge < -0.3 is 0 Å². The van der Waals surface area contributed by atoms with Gasteiger partial charge in [0.25, 0.3) is 0 Å². The molecule has 4 rings (SSSR count). The SMILES string of the molecule is C=CC.C=CCC(c1ccccc1)(c1ccccc1)n1nc(C)c2c(Cl)nccc21. The second-order valence-electron chi connectivity index (χ2n) is 6.99. The maximum atomic E-state index is 6.41. The van der Waals surface area contributed by atoms with Crippen molar-refractivity contribution in [2.24, 2.45) is 0 Å². The average Bonchev–Trinajstić information content (AvgIpc) is 3.12. The number of rotatable bonds is 5. The Labute approximate surface area is 183 Å². The lowest BCUT2D eigenvalue weighted by molar-refractivity contribution is 0.403. The van der Waals surface area contributed by atoms with E-state index in [-0.39, 0.29) is 0 Å². The first kappa shape index (κ1) is 21.5. The Bertz CT molecular complexity index is 1090. The summed E-state index contributed by atoms with van der Waals surface area (Å²) in [4.78, 5) is 4.25. The number of fused-ring (bicyclic) bond motifs is 1. The summed E-state index contributed by atoms with van der Waals surface area (Å²) in [6.07, 6.45) is 6.12. The third-order valence-electron chi connectivity index (χ3n) is 5.03. The van der Waals surface area contributed by atoms with E-state index in [2.05, 4.69) is 71.4 Å². The van der Waals surface area contributed by atoms with Crippen LogP contribution >= 0.6 is 11.6 Å². The van der Waals surface area contributed by atoms with Gasteiger partial charge in [-0.3, -0.25) is 0 Å². The summed E-state index contributed by atoms with van der Waals surface area (Å²) in [6.45, 7) is 11.3. The number of allylic oxidation sites excluding steroid dienone is 2. The second-order valence-corrected chi connectivity index (χ2v) is 7.34. The fourth-order valence-corrected chi connectivity index (χ4v) is 4.14. The standard InChI is InChI=1S/C23H20ClN3.C3H6/c1-3-15-23(18-10-6-4-7-11-18,19-12-8-5-9-13-19)27-20-14-16-25-22(24)21(20)17(2)26-27;1-3-2/h3-14,16H,1,15H2,2H3;3H,1H2,2H3. The number of nitrogens with zero attached hydrogens (tertiary/aromatic N) is 3. The van der Waals surface area contributed by atoms with Crippen LogP contribution in [0.5, 0.6) is 0 Å². The van der Waals surface area contributed by atoms with Crippen molar-refractivity contribution in [3.63, 3.8) is 0 Å². The van der Waals surface area contributed by atoms with Crippen LogP contribution in [-0.2, 0) is 5.54 Å². The van der Waals surface area contributed by atoms with Crippen LogP contribution < -0.4 is 0 Å². The van der Waals surface area contributed by atoms with Gasteiger partial charge in [0.15, 0.2) is 0 Å². The molecule has 30 heavy (non-hydrogen) atoms. The molecule has 2 aromatic carbocycles. The third kappa shape index (κ3) is 3.81. The van der Waals surface area contributed by atoms with E-state index in [1.807, 2.05) is 38.1 Å². The Kier molecular flexibility index (Phi) is 6.86. The van der Waals surface area contributed by atoms with Crippen molar-refractivity contribution >= 4 is 22.5 Å². The zero-order valence-corrected chi connectivity index (χ0v) is 18.2. The summed E-state index contributed by atoms with van der Waals surface area (Å²) in [5, 5.41) is 6.30. The molecule has 0 fully saturated rings. The predicted molar refractivity (Wildman–Crippen MR) is 127 cm³/mol. The highest BCUT2D eigenvalue weighted by molar-refractivity contribution is 6.34. The highest BCUT2D eigenvalue weighted by Gasteiger charge is 2.37. The van der Waals surface area contributed by atoms with Gasteiger partial charge in [0, 0.05) is 6.20 Å². The summed E-state index contributed by atoms with van der Waals surface area (Å²) in [7, 11) is 0. The van der Waals surface area contributed by atoms with Crippen LogP contribution in [0.1, 0.15) is 30.2 Å². The molecule has 0 aliphatic carbocycles. The Balaban J connectivity index is 0.000000806. The minimum absolute atomic E-state index is 0.477. The van der Waals surface area contributed by atoms with Crippen molar-refractivity contribution in [2.75, 3.05) is 0 Å². The van der Waals surface area contributed by atoms with Crippen molar-refractivity contribution < 1.29 is 0 Å². The highest BCUT2D eigenvalue weighted by atomic mass is 35.5. The maximum absolute atomic E-state index is 6.41. The van der Waals surface area contributed by atoms with Crippen molar-refractivity contribution in [1.82, 2.24) is 14.8 Å².